The molecular weight excluding hydrogens is 663 g/mol. The van der Waals surface area contributed by atoms with Gasteiger partial charge in [0.15, 0.2) is 0 Å². The maximum atomic E-state index is 2.77. The van der Waals surface area contributed by atoms with E-state index in [0.29, 0.717) is 0 Å². The Kier molecular flexibility index (Phi) is 5.50. The second kappa shape index (κ2) is 10.1. The van der Waals surface area contributed by atoms with Crippen LogP contribution in [0.4, 0.5) is 17.1 Å². The molecule has 0 spiro atoms. The molecule has 0 saturated carbocycles. The number of anilines is 3. The Labute approximate surface area is 321 Å². The van der Waals surface area contributed by atoms with Crippen molar-refractivity contribution in [2.45, 2.75) is 24.7 Å². The highest BCUT2D eigenvalue weighted by Gasteiger charge is 2.53. The number of rotatable bonds is 2. The van der Waals surface area contributed by atoms with Crippen molar-refractivity contribution in [2.75, 3.05) is 4.90 Å². The van der Waals surface area contributed by atoms with Gasteiger partial charge >= 0.3 is 6.85 Å². The zero-order valence-electron chi connectivity index (χ0n) is 30.7. The molecule has 0 atom stereocenters. The van der Waals surface area contributed by atoms with E-state index < -0.39 is 5.41 Å². The van der Waals surface area contributed by atoms with Gasteiger partial charge in [0.1, 0.15) is 0 Å². The zero-order valence-corrected chi connectivity index (χ0v) is 30.7. The first kappa shape index (κ1) is 29.8. The van der Waals surface area contributed by atoms with Crippen molar-refractivity contribution in [1.29, 1.82) is 0 Å². The average Bonchev–Trinajstić information content (AvgIpc) is 3.71. The predicted octanol–water partition coefficient (Wildman–Crippen LogP) is 11.2. The van der Waals surface area contributed by atoms with E-state index in [1.165, 1.54) is 105 Å². The maximum absolute atomic E-state index is 2.77. The molecule has 1 aromatic heterocycles. The summed E-state index contributed by atoms with van der Waals surface area (Å²) in [4.78, 5) is 2.64. The van der Waals surface area contributed by atoms with E-state index in [1.54, 1.807) is 0 Å². The van der Waals surface area contributed by atoms with Gasteiger partial charge in [-0.1, -0.05) is 178 Å². The molecule has 256 valence electrons. The van der Waals surface area contributed by atoms with Gasteiger partial charge < -0.3 is 9.38 Å². The highest BCUT2D eigenvalue weighted by Crippen LogP contribution is 2.60. The van der Waals surface area contributed by atoms with Crippen LogP contribution in [0.15, 0.2) is 176 Å². The number of aromatic nitrogens is 1. The van der Waals surface area contributed by atoms with Gasteiger partial charge in [0.05, 0.1) is 11.1 Å². The molecule has 3 heteroatoms. The van der Waals surface area contributed by atoms with Crippen molar-refractivity contribution in [2.24, 2.45) is 0 Å². The van der Waals surface area contributed by atoms with Crippen LogP contribution in [-0.4, -0.2) is 11.3 Å². The average molecular weight is 699 g/mol. The molecule has 3 aliphatic heterocycles. The lowest BCUT2D eigenvalue weighted by atomic mass is 9.43. The van der Waals surface area contributed by atoms with Crippen molar-refractivity contribution in [3.63, 3.8) is 0 Å². The molecule has 2 nitrogen and oxygen atoms in total. The third-order valence-corrected chi connectivity index (χ3v) is 13.6. The van der Waals surface area contributed by atoms with Gasteiger partial charge in [0.2, 0.25) is 0 Å². The summed E-state index contributed by atoms with van der Waals surface area (Å²) >= 11 is 0. The maximum Gasteiger partial charge on any atom is 0.333 e. The Balaban J connectivity index is 1.26. The minimum atomic E-state index is -0.534. The Bertz CT molecular complexity index is 3100. The topological polar surface area (TPSA) is 8.17 Å². The van der Waals surface area contributed by atoms with Gasteiger partial charge in [-0.2, -0.15) is 0 Å². The summed E-state index contributed by atoms with van der Waals surface area (Å²) in [6.45, 7) is 4.83. The van der Waals surface area contributed by atoms with E-state index >= 15 is 0 Å². The summed E-state index contributed by atoms with van der Waals surface area (Å²) in [5.41, 5.74) is 20.7. The standard InChI is InChI=1S/C52H35BN2/c1-51(2)39-26-12-11-23-36(39)49-46(51)38-25-15-24-37-45-35-22-10-9-17-32(35)31-44-47(45)53(55(49)48(37)38)42-29-16-28-41-50(42)54(44)43-30-14-13-27-40(43)52(41,33-18-5-3-6-19-33)34-20-7-4-8-21-34/h3-31H,1-2H3. The molecule has 0 fully saturated rings. The van der Waals surface area contributed by atoms with Crippen LogP contribution < -0.4 is 15.8 Å². The first-order valence-corrected chi connectivity index (χ1v) is 19.6. The largest absolute Gasteiger partial charge is 0.375 e. The van der Waals surface area contributed by atoms with Crippen LogP contribution in [0.3, 0.4) is 0 Å². The smallest absolute Gasteiger partial charge is 0.333 e. The molecule has 0 unspecified atom stereocenters. The Morgan fingerprint density at radius 3 is 1.93 bits per heavy atom. The van der Waals surface area contributed by atoms with E-state index in [2.05, 4.69) is 199 Å². The molecule has 0 amide bonds. The molecule has 0 N–H and O–H groups in total. The first-order valence-electron chi connectivity index (χ1n) is 19.6. The number of para-hydroxylation sites is 3. The molecule has 0 bridgehead atoms. The van der Waals surface area contributed by atoms with Crippen molar-refractivity contribution < 1.29 is 0 Å². The molecule has 4 heterocycles. The van der Waals surface area contributed by atoms with Gasteiger partial charge in [-0.3, -0.25) is 0 Å². The zero-order chi connectivity index (χ0) is 36.2. The van der Waals surface area contributed by atoms with Crippen LogP contribution in [0, 0.1) is 0 Å². The molecule has 8 aromatic carbocycles. The summed E-state index contributed by atoms with van der Waals surface area (Å²) in [5, 5.41) is 3.96. The number of hydrogen-bond donors (Lipinski definition) is 0. The Hall–Kier alpha value is -6.58. The van der Waals surface area contributed by atoms with E-state index in [1.807, 2.05) is 0 Å². The lowest BCUT2D eigenvalue weighted by Gasteiger charge is -2.50. The fourth-order valence-corrected chi connectivity index (χ4v) is 11.6. The van der Waals surface area contributed by atoms with Crippen LogP contribution in [0.1, 0.15) is 47.2 Å². The summed E-state index contributed by atoms with van der Waals surface area (Å²) < 4.78 is 2.77. The molecule has 13 rings (SSSR count). The number of nitrogens with zero attached hydrogens (tertiary/aromatic N) is 2. The number of benzene rings is 8. The molecule has 0 radical (unpaired) electrons. The highest BCUT2D eigenvalue weighted by atomic mass is 15.2. The third kappa shape index (κ3) is 3.37. The minimum Gasteiger partial charge on any atom is -0.375 e. The molecule has 4 aliphatic rings. The van der Waals surface area contributed by atoms with Gasteiger partial charge in [-0.15, -0.1) is 0 Å². The van der Waals surface area contributed by atoms with Gasteiger partial charge in [0.25, 0.3) is 0 Å². The van der Waals surface area contributed by atoms with Crippen molar-refractivity contribution in [3.8, 4) is 22.4 Å². The lowest BCUT2D eigenvalue weighted by molar-refractivity contribution is 0.666. The summed E-state index contributed by atoms with van der Waals surface area (Å²) in [6.07, 6.45) is 0. The monoisotopic (exact) mass is 698 g/mol. The number of hydrogen-bond acceptors (Lipinski definition) is 1. The van der Waals surface area contributed by atoms with Gasteiger partial charge in [0, 0.05) is 44.5 Å². The van der Waals surface area contributed by atoms with Crippen LogP contribution in [-0.2, 0) is 10.8 Å². The molecular formula is C52H35BN2. The van der Waals surface area contributed by atoms with Crippen LogP contribution in [0.5, 0.6) is 0 Å². The summed E-state index contributed by atoms with van der Waals surface area (Å²) in [7, 11) is 0. The molecule has 0 saturated heterocycles. The third-order valence-electron chi connectivity index (χ3n) is 13.6. The normalized spacial score (nSPS) is 15.7. The van der Waals surface area contributed by atoms with Crippen molar-refractivity contribution >= 4 is 56.5 Å². The van der Waals surface area contributed by atoms with Crippen molar-refractivity contribution in [1.82, 2.24) is 4.48 Å². The van der Waals surface area contributed by atoms with E-state index in [0.717, 1.165) is 0 Å². The SMILES string of the molecule is CC1(C)c2ccccc2-c2c1c1cccc3c1n2B1c2cccc4c2N(c2ccccc2C4(c2ccccc2)c2ccccc2)c2cc4ccccc4c-3c21. The van der Waals surface area contributed by atoms with Crippen LogP contribution in [0.2, 0.25) is 0 Å². The fraction of sp³-hybridized carbons (Fsp3) is 0.0769. The van der Waals surface area contributed by atoms with E-state index in [4.69, 9.17) is 0 Å². The molecule has 9 aromatic rings. The predicted molar refractivity (Wildman–Crippen MR) is 229 cm³/mol. The Morgan fingerprint density at radius 1 is 0.509 bits per heavy atom. The summed E-state index contributed by atoms with van der Waals surface area (Å²) in [5.74, 6) is 0. The van der Waals surface area contributed by atoms with E-state index in [9.17, 15) is 0 Å². The first-order chi connectivity index (χ1) is 27.1. The fourth-order valence-electron chi connectivity index (χ4n) is 11.6. The molecule has 1 aliphatic carbocycles. The quantitative estimate of drug-likeness (QED) is 0.163. The molecule has 55 heavy (non-hydrogen) atoms. The summed E-state index contributed by atoms with van der Waals surface area (Å²) in [6, 6.07) is 66.6. The second-order valence-electron chi connectivity index (χ2n) is 16.4. The lowest BCUT2D eigenvalue weighted by Crippen LogP contribution is -2.58. The Morgan fingerprint density at radius 2 is 1.13 bits per heavy atom. The van der Waals surface area contributed by atoms with Crippen LogP contribution >= 0.6 is 0 Å². The van der Waals surface area contributed by atoms with Crippen molar-refractivity contribution in [3.05, 3.63) is 209 Å². The highest BCUT2D eigenvalue weighted by molar-refractivity contribution is 6.90. The van der Waals surface area contributed by atoms with Crippen LogP contribution in [0.25, 0.3) is 44.1 Å². The van der Waals surface area contributed by atoms with Gasteiger partial charge in [-0.05, 0) is 72.8 Å². The second-order valence-corrected chi connectivity index (χ2v) is 16.4. The number of fused-ring (bicyclic) bond motifs is 13. The minimum absolute atomic E-state index is 0.0292. The van der Waals surface area contributed by atoms with Gasteiger partial charge in [-0.25, -0.2) is 0 Å². The van der Waals surface area contributed by atoms with E-state index in [-0.39, 0.29) is 12.3 Å².